The molecule has 0 spiro atoms. The Morgan fingerprint density at radius 2 is 2.26 bits per heavy atom. The highest BCUT2D eigenvalue weighted by molar-refractivity contribution is 7.15. The van der Waals surface area contributed by atoms with Crippen molar-refractivity contribution in [2.75, 3.05) is 18.5 Å². The summed E-state index contributed by atoms with van der Waals surface area (Å²) >= 11 is 7.14. The van der Waals surface area contributed by atoms with E-state index in [0.29, 0.717) is 20.9 Å². The van der Waals surface area contributed by atoms with Crippen LogP contribution in [0.2, 0.25) is 5.02 Å². The monoisotopic (exact) mass is 354 g/mol. The molecule has 1 saturated heterocycles. The molecule has 1 aliphatic rings. The highest BCUT2D eigenvalue weighted by Gasteiger charge is 2.37. The molecule has 1 aliphatic heterocycles. The van der Waals surface area contributed by atoms with Gasteiger partial charge in [0, 0.05) is 12.1 Å². The van der Waals surface area contributed by atoms with Gasteiger partial charge < -0.3 is 14.7 Å². The Hall–Kier alpha value is -1.90. The second kappa shape index (κ2) is 6.31. The molecule has 2 unspecified atom stereocenters. The molecule has 0 aliphatic carbocycles. The largest absolute Gasteiger partial charge is 0.483 e. The summed E-state index contributed by atoms with van der Waals surface area (Å²) in [6, 6.07) is 6.77. The maximum atomic E-state index is 12.0. The van der Waals surface area contributed by atoms with Crippen molar-refractivity contribution in [3.63, 3.8) is 0 Å². The Morgan fingerprint density at radius 3 is 2.91 bits per heavy atom. The van der Waals surface area contributed by atoms with Crippen LogP contribution in [0.3, 0.4) is 0 Å². The third kappa shape index (κ3) is 3.24. The van der Waals surface area contributed by atoms with Gasteiger partial charge in [0.05, 0.1) is 6.54 Å². The predicted octanol–water partition coefficient (Wildman–Crippen LogP) is 2.52. The molecule has 1 aromatic carbocycles. The van der Waals surface area contributed by atoms with Gasteiger partial charge in [-0.2, -0.15) is 0 Å². The van der Waals surface area contributed by atoms with E-state index < -0.39 is 6.23 Å². The van der Waals surface area contributed by atoms with Crippen LogP contribution in [0.5, 0.6) is 5.75 Å². The van der Waals surface area contributed by atoms with E-state index in [0.717, 1.165) is 0 Å². The zero-order chi connectivity index (χ0) is 16.6. The van der Waals surface area contributed by atoms with E-state index in [2.05, 4.69) is 10.2 Å². The van der Waals surface area contributed by atoms with Crippen LogP contribution < -0.4 is 9.64 Å². The standard InChI is InChI=1S/C14H15ClN4O3S/c1-8(22-10-5-3-4-9(15)6-10)12-16-17-13(23-12)19-11(20)7-18(2)14(19)21/h3-6,8,11,20H,7H2,1-2H3. The average molecular weight is 355 g/mol. The Kier molecular flexibility index (Phi) is 4.38. The molecule has 3 rings (SSSR count). The van der Waals surface area contributed by atoms with Gasteiger partial charge in [-0.15, -0.1) is 10.2 Å². The molecule has 0 saturated carbocycles. The summed E-state index contributed by atoms with van der Waals surface area (Å²) in [5.74, 6) is 0.624. The molecular weight excluding hydrogens is 340 g/mol. The maximum absolute atomic E-state index is 12.0. The van der Waals surface area contributed by atoms with Crippen molar-refractivity contribution in [1.29, 1.82) is 0 Å². The first-order chi connectivity index (χ1) is 11.0. The summed E-state index contributed by atoms with van der Waals surface area (Å²) in [4.78, 5) is 14.7. The molecule has 122 valence electrons. The van der Waals surface area contributed by atoms with Gasteiger partial charge in [-0.25, -0.2) is 9.69 Å². The van der Waals surface area contributed by atoms with Crippen LogP contribution in [-0.2, 0) is 0 Å². The molecule has 7 nitrogen and oxygen atoms in total. The number of aliphatic hydroxyl groups excluding tert-OH is 1. The van der Waals surface area contributed by atoms with E-state index in [4.69, 9.17) is 16.3 Å². The van der Waals surface area contributed by atoms with Gasteiger partial charge in [0.25, 0.3) is 0 Å². The Morgan fingerprint density at radius 1 is 1.48 bits per heavy atom. The van der Waals surface area contributed by atoms with Crippen molar-refractivity contribution < 1.29 is 14.6 Å². The van der Waals surface area contributed by atoms with Crippen molar-refractivity contribution in [3.8, 4) is 5.75 Å². The summed E-state index contributed by atoms with van der Waals surface area (Å²) < 4.78 is 5.78. The first-order valence-corrected chi connectivity index (χ1v) is 8.13. The number of rotatable bonds is 4. The number of aliphatic hydroxyl groups is 1. The number of aromatic nitrogens is 2. The van der Waals surface area contributed by atoms with Crippen LogP contribution in [0.15, 0.2) is 24.3 Å². The topological polar surface area (TPSA) is 78.8 Å². The molecule has 2 heterocycles. The number of urea groups is 1. The van der Waals surface area contributed by atoms with E-state index >= 15 is 0 Å². The quantitative estimate of drug-likeness (QED) is 0.912. The molecular formula is C14H15ClN4O3S. The maximum Gasteiger partial charge on any atom is 0.328 e. The summed E-state index contributed by atoms with van der Waals surface area (Å²) in [5, 5.41) is 19.5. The third-order valence-corrected chi connectivity index (χ3v) is 4.68. The van der Waals surface area contributed by atoms with Gasteiger partial charge >= 0.3 is 6.03 Å². The number of carbonyl (C=O) groups is 1. The van der Waals surface area contributed by atoms with Crippen LogP contribution in [0, 0.1) is 0 Å². The van der Waals surface area contributed by atoms with Crippen molar-refractivity contribution in [2.24, 2.45) is 0 Å². The number of anilines is 1. The van der Waals surface area contributed by atoms with Crippen LogP contribution in [0.1, 0.15) is 18.0 Å². The number of carbonyl (C=O) groups excluding carboxylic acids is 1. The van der Waals surface area contributed by atoms with E-state index in [1.807, 2.05) is 6.92 Å². The predicted molar refractivity (Wildman–Crippen MR) is 86.9 cm³/mol. The van der Waals surface area contributed by atoms with E-state index in [1.54, 1.807) is 31.3 Å². The highest BCUT2D eigenvalue weighted by atomic mass is 35.5. The molecule has 0 radical (unpaired) electrons. The molecule has 9 heteroatoms. The molecule has 2 aromatic rings. The van der Waals surface area contributed by atoms with Crippen LogP contribution in [-0.4, -0.2) is 46.1 Å². The third-order valence-electron chi connectivity index (χ3n) is 3.36. The minimum Gasteiger partial charge on any atom is -0.483 e. The first kappa shape index (κ1) is 16.0. The minimum atomic E-state index is -0.919. The lowest BCUT2D eigenvalue weighted by molar-refractivity contribution is 0.183. The molecule has 1 N–H and O–H groups in total. The Labute approximate surface area is 142 Å². The van der Waals surface area contributed by atoms with E-state index in [-0.39, 0.29) is 18.7 Å². The van der Waals surface area contributed by atoms with Crippen LogP contribution in [0.4, 0.5) is 9.93 Å². The molecule has 1 fully saturated rings. The Balaban J connectivity index is 1.75. The fraction of sp³-hybridized carbons (Fsp3) is 0.357. The van der Waals surface area contributed by atoms with Crippen molar-refractivity contribution in [1.82, 2.24) is 15.1 Å². The zero-order valence-corrected chi connectivity index (χ0v) is 14.1. The second-order valence-corrected chi connectivity index (χ2v) is 6.58. The number of amides is 2. The minimum absolute atomic E-state index is 0.238. The summed E-state index contributed by atoms with van der Waals surface area (Å²) in [7, 11) is 1.62. The van der Waals surface area contributed by atoms with Crippen LogP contribution in [0.25, 0.3) is 0 Å². The molecule has 2 atom stereocenters. The van der Waals surface area contributed by atoms with Gasteiger partial charge in [0.15, 0.2) is 11.2 Å². The number of hydrogen-bond acceptors (Lipinski definition) is 6. The van der Waals surface area contributed by atoms with Crippen molar-refractivity contribution in [2.45, 2.75) is 19.3 Å². The number of ether oxygens (including phenoxy) is 1. The van der Waals surface area contributed by atoms with E-state index in [9.17, 15) is 9.90 Å². The fourth-order valence-corrected chi connectivity index (χ4v) is 3.25. The summed E-state index contributed by atoms with van der Waals surface area (Å²) in [6.07, 6.45) is -1.27. The van der Waals surface area contributed by atoms with Crippen molar-refractivity contribution in [3.05, 3.63) is 34.3 Å². The lowest BCUT2D eigenvalue weighted by Gasteiger charge is -2.14. The molecule has 23 heavy (non-hydrogen) atoms. The lowest BCUT2D eigenvalue weighted by atomic mass is 10.3. The Bertz CT molecular complexity index is 726. The fourth-order valence-electron chi connectivity index (χ4n) is 2.21. The summed E-state index contributed by atoms with van der Waals surface area (Å²) in [6.45, 7) is 2.07. The highest BCUT2D eigenvalue weighted by Crippen LogP contribution is 2.31. The number of halogens is 1. The number of nitrogens with zero attached hydrogens (tertiary/aromatic N) is 4. The summed E-state index contributed by atoms with van der Waals surface area (Å²) in [5.41, 5.74) is 0. The van der Waals surface area contributed by atoms with Crippen molar-refractivity contribution >= 4 is 34.1 Å². The SMILES string of the molecule is CC(Oc1cccc(Cl)c1)c1nnc(N2C(=O)N(C)CC2O)s1. The normalized spacial score (nSPS) is 19.3. The number of β-amino-alcohol motifs (C(OH)–C–C–N with tert-alkyl or cyclic N) is 1. The lowest BCUT2D eigenvalue weighted by Crippen LogP contribution is -2.34. The average Bonchev–Trinajstić information content (AvgIpc) is 3.05. The van der Waals surface area contributed by atoms with E-state index in [1.165, 1.54) is 21.1 Å². The number of benzene rings is 1. The second-order valence-electron chi connectivity index (χ2n) is 5.15. The smallest absolute Gasteiger partial charge is 0.328 e. The number of hydrogen-bond donors (Lipinski definition) is 1. The zero-order valence-electron chi connectivity index (χ0n) is 12.5. The van der Waals surface area contributed by atoms with Gasteiger partial charge in [-0.3, -0.25) is 0 Å². The first-order valence-electron chi connectivity index (χ1n) is 6.93. The molecule has 2 amide bonds. The van der Waals surface area contributed by atoms with Crippen LogP contribution >= 0.6 is 22.9 Å². The van der Waals surface area contributed by atoms with Gasteiger partial charge in [-0.05, 0) is 25.1 Å². The number of likely N-dealkylation sites (N-methyl/N-ethyl adjacent to an activating group) is 1. The van der Waals surface area contributed by atoms with Gasteiger partial charge in [0.1, 0.15) is 11.9 Å². The molecule has 1 aromatic heterocycles. The van der Waals surface area contributed by atoms with Gasteiger partial charge in [0.2, 0.25) is 5.13 Å². The molecule has 0 bridgehead atoms. The van der Waals surface area contributed by atoms with Gasteiger partial charge in [-0.1, -0.05) is 29.0 Å².